The number of nitrogens with one attached hydrogen (secondary N) is 1. The average molecular weight is 276 g/mol. The number of anilines is 1. The van der Waals surface area contributed by atoms with Crippen LogP contribution < -0.4 is 11.1 Å². The maximum atomic E-state index is 5.80. The molecule has 1 saturated carbocycles. The Balaban J connectivity index is 1.97. The molecule has 0 aliphatic heterocycles. The molecule has 1 aromatic carbocycles. The van der Waals surface area contributed by atoms with E-state index < -0.39 is 0 Å². The van der Waals surface area contributed by atoms with Gasteiger partial charge in [-0.05, 0) is 43.7 Å². The minimum absolute atomic E-state index is 0.475. The Labute approximate surface area is 121 Å². The molecule has 2 nitrogen and oxygen atoms in total. The summed E-state index contributed by atoms with van der Waals surface area (Å²) in [7, 11) is 0. The van der Waals surface area contributed by atoms with E-state index in [1.54, 1.807) is 0 Å². The molecule has 3 heteroatoms. The highest BCUT2D eigenvalue weighted by atomic mass is 32.1. The number of thiocarbonyl (C=S) groups is 1. The third-order valence-electron chi connectivity index (χ3n) is 4.16. The Morgan fingerprint density at radius 1 is 1.32 bits per heavy atom. The van der Waals surface area contributed by atoms with E-state index in [1.807, 2.05) is 0 Å². The highest BCUT2D eigenvalue weighted by molar-refractivity contribution is 7.80. The van der Waals surface area contributed by atoms with Gasteiger partial charge in [0.1, 0.15) is 4.99 Å². The molecule has 0 heterocycles. The molecule has 104 valence electrons. The third kappa shape index (κ3) is 3.93. The van der Waals surface area contributed by atoms with E-state index in [0.29, 0.717) is 4.99 Å². The Hall–Kier alpha value is -1.09. The van der Waals surface area contributed by atoms with Crippen LogP contribution >= 0.6 is 12.2 Å². The Morgan fingerprint density at radius 3 is 2.63 bits per heavy atom. The zero-order valence-electron chi connectivity index (χ0n) is 11.9. The van der Waals surface area contributed by atoms with Crippen molar-refractivity contribution in [3.63, 3.8) is 0 Å². The van der Waals surface area contributed by atoms with Crippen LogP contribution in [0.1, 0.15) is 43.7 Å². The molecule has 1 aromatic rings. The van der Waals surface area contributed by atoms with Crippen LogP contribution in [0.5, 0.6) is 0 Å². The molecular formula is C16H24N2S. The first-order chi connectivity index (χ1) is 9.06. The number of rotatable bonds is 4. The molecular weight excluding hydrogens is 252 g/mol. The van der Waals surface area contributed by atoms with E-state index in [0.717, 1.165) is 29.6 Å². The van der Waals surface area contributed by atoms with Gasteiger partial charge in [0.2, 0.25) is 0 Å². The van der Waals surface area contributed by atoms with E-state index >= 15 is 0 Å². The minimum atomic E-state index is 0.475. The lowest BCUT2D eigenvalue weighted by Gasteiger charge is -2.27. The molecule has 0 amide bonds. The normalized spacial score (nSPS) is 23.1. The van der Waals surface area contributed by atoms with E-state index in [1.165, 1.54) is 31.2 Å². The van der Waals surface area contributed by atoms with Gasteiger partial charge in [-0.25, -0.2) is 0 Å². The smallest absolute Gasteiger partial charge is 0.106 e. The Kier molecular flexibility index (Phi) is 4.81. The summed E-state index contributed by atoms with van der Waals surface area (Å²) in [5.74, 6) is 1.69. The molecule has 2 rings (SSSR count). The zero-order chi connectivity index (χ0) is 13.8. The SMILES string of the molecule is Cc1ccc(NCC2CCC(C)CC2)c(C(N)=S)c1. The molecule has 0 radical (unpaired) electrons. The van der Waals surface area contributed by atoms with Crippen LogP contribution in [0.2, 0.25) is 0 Å². The standard InChI is InChI=1S/C16H24N2S/c1-11-3-6-13(7-4-11)10-18-15-8-5-12(2)9-14(15)16(17)19/h5,8-9,11,13,18H,3-4,6-7,10H2,1-2H3,(H2,17,19). The van der Waals surface area contributed by atoms with Crippen molar-refractivity contribution in [2.75, 3.05) is 11.9 Å². The first-order valence-electron chi connectivity index (χ1n) is 7.20. The van der Waals surface area contributed by atoms with Gasteiger partial charge in [0, 0.05) is 17.8 Å². The molecule has 1 aliphatic carbocycles. The summed E-state index contributed by atoms with van der Waals surface area (Å²) < 4.78 is 0. The van der Waals surface area contributed by atoms with Crippen LogP contribution in [0, 0.1) is 18.8 Å². The second-order valence-electron chi connectivity index (χ2n) is 5.92. The van der Waals surface area contributed by atoms with Crippen molar-refractivity contribution in [1.29, 1.82) is 0 Å². The van der Waals surface area contributed by atoms with Gasteiger partial charge >= 0.3 is 0 Å². The largest absolute Gasteiger partial charge is 0.389 e. The first kappa shape index (κ1) is 14.3. The minimum Gasteiger partial charge on any atom is -0.389 e. The van der Waals surface area contributed by atoms with Crippen LogP contribution in [0.25, 0.3) is 0 Å². The maximum Gasteiger partial charge on any atom is 0.106 e. The number of benzene rings is 1. The predicted molar refractivity (Wildman–Crippen MR) is 86.7 cm³/mol. The fourth-order valence-corrected chi connectivity index (χ4v) is 2.97. The summed E-state index contributed by atoms with van der Waals surface area (Å²) in [6, 6.07) is 6.26. The molecule has 3 N–H and O–H groups in total. The van der Waals surface area contributed by atoms with Crippen molar-refractivity contribution in [3.05, 3.63) is 29.3 Å². The van der Waals surface area contributed by atoms with E-state index in [4.69, 9.17) is 18.0 Å². The lowest BCUT2D eigenvalue weighted by atomic mass is 9.83. The first-order valence-corrected chi connectivity index (χ1v) is 7.61. The number of hydrogen-bond donors (Lipinski definition) is 2. The molecule has 0 aromatic heterocycles. The fraction of sp³-hybridized carbons (Fsp3) is 0.562. The van der Waals surface area contributed by atoms with Crippen LogP contribution in [0.3, 0.4) is 0 Å². The van der Waals surface area contributed by atoms with Crippen LogP contribution in [0.4, 0.5) is 5.69 Å². The van der Waals surface area contributed by atoms with Crippen LogP contribution in [-0.2, 0) is 0 Å². The van der Waals surface area contributed by atoms with E-state index in [-0.39, 0.29) is 0 Å². The molecule has 0 bridgehead atoms. The van der Waals surface area contributed by atoms with E-state index in [2.05, 4.69) is 37.4 Å². The average Bonchev–Trinajstić information content (AvgIpc) is 2.39. The lowest BCUT2D eigenvalue weighted by molar-refractivity contribution is 0.300. The van der Waals surface area contributed by atoms with Crippen molar-refractivity contribution in [2.45, 2.75) is 39.5 Å². The van der Waals surface area contributed by atoms with Crippen molar-refractivity contribution in [1.82, 2.24) is 0 Å². The lowest BCUT2D eigenvalue weighted by Crippen LogP contribution is -2.21. The quantitative estimate of drug-likeness (QED) is 0.820. The van der Waals surface area contributed by atoms with Gasteiger partial charge in [0.05, 0.1) is 0 Å². The maximum absolute atomic E-state index is 5.80. The van der Waals surface area contributed by atoms with Gasteiger partial charge in [0.15, 0.2) is 0 Å². The second kappa shape index (κ2) is 6.38. The number of nitrogens with two attached hydrogens (primary N) is 1. The number of hydrogen-bond acceptors (Lipinski definition) is 2. The Bertz CT molecular complexity index is 448. The van der Waals surface area contributed by atoms with Gasteiger partial charge in [-0.15, -0.1) is 0 Å². The summed E-state index contributed by atoms with van der Waals surface area (Å²) in [5, 5.41) is 3.54. The van der Waals surface area contributed by atoms with Crippen molar-refractivity contribution < 1.29 is 0 Å². The summed E-state index contributed by atoms with van der Waals surface area (Å²) in [4.78, 5) is 0.475. The molecule has 0 spiro atoms. The molecule has 1 aliphatic rings. The third-order valence-corrected chi connectivity index (χ3v) is 4.38. The molecule has 1 fully saturated rings. The summed E-state index contributed by atoms with van der Waals surface area (Å²) in [6.45, 7) is 5.45. The van der Waals surface area contributed by atoms with E-state index in [9.17, 15) is 0 Å². The molecule has 0 saturated heterocycles. The van der Waals surface area contributed by atoms with Crippen molar-refractivity contribution in [2.24, 2.45) is 17.6 Å². The molecule has 19 heavy (non-hydrogen) atoms. The summed E-state index contributed by atoms with van der Waals surface area (Å²) in [5.41, 5.74) is 9.05. The van der Waals surface area contributed by atoms with Crippen molar-refractivity contribution in [3.8, 4) is 0 Å². The Morgan fingerprint density at radius 2 is 2.00 bits per heavy atom. The monoisotopic (exact) mass is 276 g/mol. The molecule has 0 atom stereocenters. The zero-order valence-corrected chi connectivity index (χ0v) is 12.7. The van der Waals surface area contributed by atoms with Gasteiger partial charge in [-0.2, -0.15) is 0 Å². The van der Waals surface area contributed by atoms with Gasteiger partial charge in [-0.1, -0.05) is 43.6 Å². The highest BCUT2D eigenvalue weighted by Gasteiger charge is 2.18. The molecule has 0 unspecified atom stereocenters. The topological polar surface area (TPSA) is 38.0 Å². The van der Waals surface area contributed by atoms with Crippen molar-refractivity contribution >= 4 is 22.9 Å². The van der Waals surface area contributed by atoms with Gasteiger partial charge in [0.25, 0.3) is 0 Å². The number of aryl methyl sites for hydroxylation is 1. The fourth-order valence-electron chi connectivity index (χ4n) is 2.80. The van der Waals surface area contributed by atoms with Gasteiger partial charge in [-0.3, -0.25) is 0 Å². The van der Waals surface area contributed by atoms with Gasteiger partial charge < -0.3 is 11.1 Å². The van der Waals surface area contributed by atoms with Crippen LogP contribution in [0.15, 0.2) is 18.2 Å². The van der Waals surface area contributed by atoms with Crippen LogP contribution in [-0.4, -0.2) is 11.5 Å². The summed E-state index contributed by atoms with van der Waals surface area (Å²) >= 11 is 5.13. The highest BCUT2D eigenvalue weighted by Crippen LogP contribution is 2.28. The summed E-state index contributed by atoms with van der Waals surface area (Å²) in [6.07, 6.45) is 5.40. The second-order valence-corrected chi connectivity index (χ2v) is 6.36. The predicted octanol–water partition coefficient (Wildman–Crippen LogP) is 3.87.